The van der Waals surface area contributed by atoms with Crippen molar-refractivity contribution in [1.29, 1.82) is 5.26 Å². The third kappa shape index (κ3) is 6.39. The van der Waals surface area contributed by atoms with Crippen molar-refractivity contribution in [1.82, 2.24) is 4.68 Å². The van der Waals surface area contributed by atoms with Gasteiger partial charge in [-0.2, -0.15) is 5.26 Å². The monoisotopic (exact) mass is 586 g/mol. The van der Waals surface area contributed by atoms with Gasteiger partial charge in [0.15, 0.2) is 11.5 Å². The van der Waals surface area contributed by atoms with Crippen molar-refractivity contribution < 1.29 is 19.2 Å². The SMILES string of the molecule is CCOc1cc(/C=C(/C#N)C(=O)Nn2c(C)ccc2C)cc(I)c1OCc1ccc([N+](=O)[O-])cc1. The van der Waals surface area contributed by atoms with E-state index >= 15 is 0 Å². The van der Waals surface area contributed by atoms with E-state index in [4.69, 9.17) is 9.47 Å². The number of benzene rings is 2. The Morgan fingerprint density at radius 1 is 1.17 bits per heavy atom. The molecule has 0 bridgehead atoms. The lowest BCUT2D eigenvalue weighted by Crippen LogP contribution is -2.25. The smallest absolute Gasteiger partial charge is 0.280 e. The molecule has 0 saturated heterocycles. The van der Waals surface area contributed by atoms with Crippen LogP contribution in [0.15, 0.2) is 54.1 Å². The summed E-state index contributed by atoms with van der Waals surface area (Å²) in [6.45, 7) is 6.12. The average molecular weight is 586 g/mol. The molecule has 0 aliphatic rings. The number of ether oxygens (including phenoxy) is 2. The Labute approximate surface area is 216 Å². The molecule has 0 unspecified atom stereocenters. The Morgan fingerprint density at radius 3 is 2.40 bits per heavy atom. The van der Waals surface area contributed by atoms with E-state index < -0.39 is 10.8 Å². The largest absolute Gasteiger partial charge is 0.490 e. The van der Waals surface area contributed by atoms with Gasteiger partial charge >= 0.3 is 0 Å². The van der Waals surface area contributed by atoms with Crippen LogP contribution in [0.25, 0.3) is 6.08 Å². The number of rotatable bonds is 9. The molecule has 0 spiro atoms. The van der Waals surface area contributed by atoms with Crippen molar-refractivity contribution in [2.75, 3.05) is 12.0 Å². The van der Waals surface area contributed by atoms with Gasteiger partial charge in [0.25, 0.3) is 11.6 Å². The second-order valence-corrected chi connectivity index (χ2v) is 8.70. The van der Waals surface area contributed by atoms with Crippen LogP contribution >= 0.6 is 22.6 Å². The van der Waals surface area contributed by atoms with Crippen LogP contribution in [0.5, 0.6) is 11.5 Å². The molecule has 1 heterocycles. The number of hydrogen-bond acceptors (Lipinski definition) is 6. The van der Waals surface area contributed by atoms with Crippen LogP contribution < -0.4 is 14.9 Å². The first kappa shape index (κ1) is 25.8. The summed E-state index contributed by atoms with van der Waals surface area (Å²) in [6, 6.07) is 15.3. The zero-order chi connectivity index (χ0) is 25.5. The second-order valence-electron chi connectivity index (χ2n) is 7.54. The highest BCUT2D eigenvalue weighted by molar-refractivity contribution is 14.1. The zero-order valence-electron chi connectivity index (χ0n) is 19.4. The summed E-state index contributed by atoms with van der Waals surface area (Å²) in [5, 5.41) is 20.4. The summed E-state index contributed by atoms with van der Waals surface area (Å²) in [7, 11) is 0. The van der Waals surface area contributed by atoms with Crippen molar-refractivity contribution in [2.45, 2.75) is 27.4 Å². The van der Waals surface area contributed by atoms with Crippen LogP contribution in [0.3, 0.4) is 0 Å². The molecule has 0 radical (unpaired) electrons. The summed E-state index contributed by atoms with van der Waals surface area (Å²) in [6.07, 6.45) is 1.49. The maximum absolute atomic E-state index is 12.7. The maximum Gasteiger partial charge on any atom is 0.280 e. The minimum absolute atomic E-state index is 0.00825. The first-order chi connectivity index (χ1) is 16.7. The third-order valence-electron chi connectivity index (χ3n) is 5.02. The number of nitriles is 1. The van der Waals surface area contributed by atoms with Crippen LogP contribution in [-0.2, 0) is 11.4 Å². The van der Waals surface area contributed by atoms with Gasteiger partial charge in [-0.25, -0.2) is 0 Å². The molecule has 180 valence electrons. The molecular weight excluding hydrogens is 563 g/mol. The van der Waals surface area contributed by atoms with E-state index in [2.05, 4.69) is 28.0 Å². The van der Waals surface area contributed by atoms with Gasteiger partial charge in [0.05, 0.1) is 15.1 Å². The molecule has 0 aliphatic heterocycles. The highest BCUT2D eigenvalue weighted by atomic mass is 127. The molecule has 35 heavy (non-hydrogen) atoms. The molecule has 2 aromatic carbocycles. The standard InChI is InChI=1S/C25H23IN4O5/c1-4-34-23-13-19(11-20(14-27)25(31)28-29-16(2)5-6-17(29)3)12-22(26)24(23)35-15-18-7-9-21(10-8-18)30(32)33/h5-13H,4,15H2,1-3H3,(H,28,31)/b20-11-. The quantitative estimate of drug-likeness (QED) is 0.120. The highest BCUT2D eigenvalue weighted by Gasteiger charge is 2.16. The highest BCUT2D eigenvalue weighted by Crippen LogP contribution is 2.35. The topological polar surface area (TPSA) is 119 Å². The number of non-ortho nitro benzene ring substituents is 1. The number of halogens is 1. The Bertz CT molecular complexity index is 1300. The minimum atomic E-state index is -0.527. The molecule has 3 aromatic rings. The van der Waals surface area contributed by atoms with E-state index in [1.807, 2.05) is 39.0 Å². The molecule has 9 nitrogen and oxygen atoms in total. The van der Waals surface area contributed by atoms with Gasteiger partial charge in [-0.3, -0.25) is 25.0 Å². The first-order valence-corrected chi connectivity index (χ1v) is 11.7. The predicted molar refractivity (Wildman–Crippen MR) is 140 cm³/mol. The van der Waals surface area contributed by atoms with Crippen LogP contribution in [0.1, 0.15) is 29.4 Å². The van der Waals surface area contributed by atoms with Crippen LogP contribution in [0.4, 0.5) is 5.69 Å². The summed E-state index contributed by atoms with van der Waals surface area (Å²) in [4.78, 5) is 23.1. The molecular formula is C25H23IN4O5. The molecule has 1 N–H and O–H groups in total. The van der Waals surface area contributed by atoms with E-state index in [1.165, 1.54) is 18.2 Å². The first-order valence-electron chi connectivity index (χ1n) is 10.6. The lowest BCUT2D eigenvalue weighted by Gasteiger charge is -2.15. The minimum Gasteiger partial charge on any atom is -0.490 e. The van der Waals surface area contributed by atoms with Gasteiger partial charge in [0, 0.05) is 23.5 Å². The Hall–Kier alpha value is -3.85. The zero-order valence-corrected chi connectivity index (χ0v) is 21.5. The van der Waals surface area contributed by atoms with Gasteiger partial charge in [-0.15, -0.1) is 0 Å². The van der Waals surface area contributed by atoms with Crippen LogP contribution in [0.2, 0.25) is 0 Å². The molecule has 3 rings (SSSR count). The molecule has 0 aliphatic carbocycles. The summed E-state index contributed by atoms with van der Waals surface area (Å²) >= 11 is 2.10. The molecule has 0 atom stereocenters. The molecule has 1 amide bonds. The van der Waals surface area contributed by atoms with Crippen molar-refractivity contribution in [3.8, 4) is 17.6 Å². The number of nitro groups is 1. The molecule has 1 aromatic heterocycles. The Balaban J connectivity index is 1.84. The lowest BCUT2D eigenvalue weighted by molar-refractivity contribution is -0.384. The van der Waals surface area contributed by atoms with E-state index in [9.17, 15) is 20.2 Å². The van der Waals surface area contributed by atoms with E-state index in [0.29, 0.717) is 23.7 Å². The van der Waals surface area contributed by atoms with Crippen molar-refractivity contribution >= 4 is 40.3 Å². The Kier molecular flexibility index (Phi) is 8.48. The number of aryl methyl sites for hydroxylation is 2. The van der Waals surface area contributed by atoms with Gasteiger partial charge < -0.3 is 9.47 Å². The van der Waals surface area contributed by atoms with Crippen LogP contribution in [-0.4, -0.2) is 22.1 Å². The number of nitro benzene ring substituents is 1. The normalized spacial score (nSPS) is 11.0. The van der Waals surface area contributed by atoms with Crippen molar-refractivity contribution in [3.05, 3.63) is 90.3 Å². The second kappa shape index (κ2) is 11.5. The number of aromatic nitrogens is 1. The lowest BCUT2D eigenvalue weighted by atomic mass is 10.1. The molecule has 0 fully saturated rings. The van der Waals surface area contributed by atoms with Crippen molar-refractivity contribution in [2.24, 2.45) is 0 Å². The van der Waals surface area contributed by atoms with Gasteiger partial charge in [0.2, 0.25) is 0 Å². The fourth-order valence-electron chi connectivity index (χ4n) is 3.27. The van der Waals surface area contributed by atoms with Crippen LogP contribution in [0, 0.1) is 38.9 Å². The van der Waals surface area contributed by atoms with Crippen molar-refractivity contribution in [3.63, 3.8) is 0 Å². The summed E-state index contributed by atoms with van der Waals surface area (Å²) in [5.41, 5.74) is 5.73. The fraction of sp³-hybridized carbons (Fsp3) is 0.200. The molecule has 0 saturated carbocycles. The van der Waals surface area contributed by atoms with E-state index in [1.54, 1.807) is 28.9 Å². The van der Waals surface area contributed by atoms with Gasteiger partial charge in [0.1, 0.15) is 18.2 Å². The Morgan fingerprint density at radius 2 is 1.83 bits per heavy atom. The number of nitrogens with zero attached hydrogens (tertiary/aromatic N) is 3. The van der Waals surface area contributed by atoms with E-state index in [-0.39, 0.29) is 17.9 Å². The number of carbonyl (C=O) groups is 1. The average Bonchev–Trinajstić information content (AvgIpc) is 3.14. The van der Waals surface area contributed by atoms with E-state index in [0.717, 1.165) is 20.5 Å². The number of amides is 1. The molecule has 10 heteroatoms. The van der Waals surface area contributed by atoms with Gasteiger partial charge in [-0.05, 0) is 97.0 Å². The third-order valence-corrected chi connectivity index (χ3v) is 5.82. The summed E-state index contributed by atoms with van der Waals surface area (Å²) < 4.78 is 14.1. The number of carbonyl (C=O) groups excluding carboxylic acids is 1. The maximum atomic E-state index is 12.7. The number of nitrogens with one attached hydrogen (secondary N) is 1. The van der Waals surface area contributed by atoms with Gasteiger partial charge in [-0.1, -0.05) is 0 Å². The predicted octanol–water partition coefficient (Wildman–Crippen LogP) is 5.27. The summed E-state index contributed by atoms with van der Waals surface area (Å²) in [5.74, 6) is 0.438. The fourth-order valence-corrected chi connectivity index (χ4v) is 4.05. The number of hydrogen-bond donors (Lipinski definition) is 1.